The molecule has 0 radical (unpaired) electrons. The molecule has 23 heavy (non-hydrogen) atoms. The molecule has 1 aromatic carbocycles. The second kappa shape index (κ2) is 6.60. The molecule has 3 rings (SSSR count). The molecular weight excluding hydrogens is 316 g/mol. The lowest BCUT2D eigenvalue weighted by molar-refractivity contribution is 0.270. The summed E-state index contributed by atoms with van der Waals surface area (Å²) in [6.45, 7) is 6.60. The van der Waals surface area contributed by atoms with Crippen molar-refractivity contribution in [2.75, 3.05) is 37.6 Å². The van der Waals surface area contributed by atoms with Gasteiger partial charge in [-0.3, -0.25) is 9.78 Å². The zero-order valence-electron chi connectivity index (χ0n) is 13.0. The topological polar surface area (TPSA) is 61.3 Å². The molecule has 122 valence electrons. The summed E-state index contributed by atoms with van der Waals surface area (Å²) in [6, 6.07) is 8.09. The van der Waals surface area contributed by atoms with Crippen molar-refractivity contribution in [2.24, 2.45) is 0 Å². The Balaban J connectivity index is 1.91. The first-order valence-corrected chi connectivity index (χ1v) is 8.06. The van der Waals surface area contributed by atoms with Crippen LogP contribution in [-0.4, -0.2) is 47.2 Å². The molecule has 0 spiro atoms. The summed E-state index contributed by atoms with van der Waals surface area (Å²) in [4.78, 5) is 31.9. The normalized spacial score (nSPS) is 15.8. The molecule has 0 bridgehead atoms. The molecule has 1 fully saturated rings. The number of piperazine rings is 1. The highest BCUT2D eigenvalue weighted by Crippen LogP contribution is 2.13. The van der Waals surface area contributed by atoms with E-state index in [0.29, 0.717) is 16.5 Å². The van der Waals surface area contributed by atoms with Gasteiger partial charge in [-0.1, -0.05) is 18.5 Å². The smallest absolute Gasteiger partial charge is 0.334 e. The van der Waals surface area contributed by atoms with Crippen LogP contribution in [0.15, 0.2) is 39.9 Å². The lowest BCUT2D eigenvalue weighted by Crippen LogP contribution is -2.47. The van der Waals surface area contributed by atoms with Gasteiger partial charge in [0.05, 0.1) is 5.69 Å². The molecule has 2 heterocycles. The number of likely N-dealkylation sites (N-methyl/N-ethyl adjacent to an activating group) is 1. The molecule has 0 aliphatic carbocycles. The van der Waals surface area contributed by atoms with E-state index in [4.69, 9.17) is 11.6 Å². The van der Waals surface area contributed by atoms with Crippen LogP contribution in [0.4, 0.5) is 5.82 Å². The van der Waals surface area contributed by atoms with E-state index in [-0.39, 0.29) is 5.56 Å². The lowest BCUT2D eigenvalue weighted by Gasteiger charge is -2.34. The fourth-order valence-electron chi connectivity index (χ4n) is 2.79. The van der Waals surface area contributed by atoms with E-state index in [9.17, 15) is 9.59 Å². The van der Waals surface area contributed by atoms with Gasteiger partial charge in [-0.05, 0) is 30.8 Å². The Bertz CT molecular complexity index is 758. The highest BCUT2D eigenvalue weighted by molar-refractivity contribution is 6.30. The zero-order valence-corrected chi connectivity index (χ0v) is 13.7. The monoisotopic (exact) mass is 334 g/mol. The molecule has 2 aromatic rings. The van der Waals surface area contributed by atoms with Gasteiger partial charge in [0, 0.05) is 37.3 Å². The Morgan fingerprint density at radius 1 is 1.09 bits per heavy atom. The molecule has 1 N–H and O–H groups in total. The van der Waals surface area contributed by atoms with E-state index in [2.05, 4.69) is 16.8 Å². The molecule has 0 saturated carbocycles. The fraction of sp³-hybridized carbons (Fsp3) is 0.375. The number of hydrogen-bond donors (Lipinski definition) is 1. The van der Waals surface area contributed by atoms with Crippen LogP contribution in [0.3, 0.4) is 0 Å². The van der Waals surface area contributed by atoms with Gasteiger partial charge in [0.15, 0.2) is 0 Å². The standard InChI is InChI=1S/C16H19ClN4O2/c1-2-19-7-9-20(10-8-19)14-11-15(22)21(16(23)18-14)13-5-3-12(17)4-6-13/h3-6,11H,2,7-10H2,1H3,(H,18,23). The van der Waals surface area contributed by atoms with Crippen molar-refractivity contribution in [3.63, 3.8) is 0 Å². The molecular formula is C16H19ClN4O2. The van der Waals surface area contributed by atoms with Crippen molar-refractivity contribution in [3.8, 4) is 5.69 Å². The van der Waals surface area contributed by atoms with Gasteiger partial charge in [0.25, 0.3) is 5.56 Å². The first kappa shape index (κ1) is 15.8. The second-order valence-electron chi connectivity index (χ2n) is 5.53. The summed E-state index contributed by atoms with van der Waals surface area (Å²) in [5, 5.41) is 0.559. The minimum absolute atomic E-state index is 0.344. The van der Waals surface area contributed by atoms with Gasteiger partial charge < -0.3 is 9.80 Å². The molecule has 7 heteroatoms. The van der Waals surface area contributed by atoms with Crippen molar-refractivity contribution in [1.82, 2.24) is 14.5 Å². The van der Waals surface area contributed by atoms with Crippen molar-refractivity contribution >= 4 is 17.4 Å². The third-order valence-electron chi connectivity index (χ3n) is 4.16. The number of nitrogens with zero attached hydrogens (tertiary/aromatic N) is 3. The lowest BCUT2D eigenvalue weighted by atomic mass is 10.3. The van der Waals surface area contributed by atoms with E-state index in [0.717, 1.165) is 37.3 Å². The SMILES string of the molecule is CCN1CCN(c2cc(=O)n(-c3ccc(Cl)cc3)c(=O)[nH]2)CC1. The largest absolute Gasteiger partial charge is 0.355 e. The highest BCUT2D eigenvalue weighted by Gasteiger charge is 2.18. The average Bonchev–Trinajstić information content (AvgIpc) is 2.56. The molecule has 1 aromatic heterocycles. The molecule has 1 saturated heterocycles. The van der Waals surface area contributed by atoms with Gasteiger partial charge in [-0.15, -0.1) is 0 Å². The van der Waals surface area contributed by atoms with Crippen molar-refractivity contribution in [3.05, 3.63) is 56.2 Å². The number of benzene rings is 1. The Morgan fingerprint density at radius 3 is 2.30 bits per heavy atom. The number of anilines is 1. The number of nitrogens with one attached hydrogen (secondary N) is 1. The first-order valence-electron chi connectivity index (χ1n) is 7.68. The summed E-state index contributed by atoms with van der Waals surface area (Å²) in [5.41, 5.74) is -0.278. The number of aromatic nitrogens is 2. The van der Waals surface area contributed by atoms with Crippen LogP contribution in [0.25, 0.3) is 5.69 Å². The Labute approximate surface area is 138 Å². The van der Waals surface area contributed by atoms with Gasteiger partial charge >= 0.3 is 5.69 Å². The maximum atomic E-state index is 12.4. The number of hydrogen-bond acceptors (Lipinski definition) is 4. The van der Waals surface area contributed by atoms with Gasteiger partial charge in [0.1, 0.15) is 5.82 Å². The van der Waals surface area contributed by atoms with E-state index in [1.54, 1.807) is 24.3 Å². The van der Waals surface area contributed by atoms with E-state index in [1.807, 2.05) is 4.90 Å². The third kappa shape index (κ3) is 3.33. The quantitative estimate of drug-likeness (QED) is 0.919. The number of H-pyrrole nitrogens is 1. The molecule has 1 aliphatic rings. The van der Waals surface area contributed by atoms with Crippen LogP contribution >= 0.6 is 11.6 Å². The second-order valence-corrected chi connectivity index (χ2v) is 5.97. The summed E-state index contributed by atoms with van der Waals surface area (Å²) < 4.78 is 1.11. The average molecular weight is 335 g/mol. The molecule has 0 unspecified atom stereocenters. The number of aromatic amines is 1. The van der Waals surface area contributed by atoms with Crippen molar-refractivity contribution < 1.29 is 0 Å². The Kier molecular flexibility index (Phi) is 4.54. The predicted octanol–water partition coefficient (Wildman–Crippen LogP) is 1.32. The van der Waals surface area contributed by atoms with E-state index in [1.165, 1.54) is 6.07 Å². The van der Waals surface area contributed by atoms with Crippen LogP contribution in [0.5, 0.6) is 0 Å². The van der Waals surface area contributed by atoms with Crippen molar-refractivity contribution in [2.45, 2.75) is 6.92 Å². The van der Waals surface area contributed by atoms with Gasteiger partial charge in [-0.2, -0.15) is 0 Å². The summed E-state index contributed by atoms with van der Waals surface area (Å²) >= 11 is 5.85. The minimum Gasteiger partial charge on any atom is -0.355 e. The first-order chi connectivity index (χ1) is 11.1. The molecule has 0 amide bonds. The summed E-state index contributed by atoms with van der Waals surface area (Å²) in [6.07, 6.45) is 0. The summed E-state index contributed by atoms with van der Waals surface area (Å²) in [5.74, 6) is 0.584. The van der Waals surface area contributed by atoms with Crippen LogP contribution < -0.4 is 16.1 Å². The summed E-state index contributed by atoms with van der Waals surface area (Å²) in [7, 11) is 0. The maximum absolute atomic E-state index is 12.4. The highest BCUT2D eigenvalue weighted by atomic mass is 35.5. The fourth-order valence-corrected chi connectivity index (χ4v) is 2.92. The van der Waals surface area contributed by atoms with E-state index >= 15 is 0 Å². The van der Waals surface area contributed by atoms with Gasteiger partial charge in [-0.25, -0.2) is 9.36 Å². The number of rotatable bonds is 3. The predicted molar refractivity (Wildman–Crippen MR) is 92.0 cm³/mol. The van der Waals surface area contributed by atoms with Gasteiger partial charge in [0.2, 0.25) is 0 Å². The molecule has 6 nitrogen and oxygen atoms in total. The Morgan fingerprint density at radius 2 is 1.74 bits per heavy atom. The van der Waals surface area contributed by atoms with E-state index < -0.39 is 5.69 Å². The van der Waals surface area contributed by atoms with Crippen LogP contribution in [-0.2, 0) is 0 Å². The van der Waals surface area contributed by atoms with Crippen LogP contribution in [0, 0.1) is 0 Å². The number of halogens is 1. The van der Waals surface area contributed by atoms with Crippen molar-refractivity contribution in [1.29, 1.82) is 0 Å². The maximum Gasteiger partial charge on any atom is 0.334 e. The van der Waals surface area contributed by atoms with Crippen LogP contribution in [0.2, 0.25) is 5.02 Å². The zero-order chi connectivity index (χ0) is 16.4. The molecule has 0 atom stereocenters. The molecule has 1 aliphatic heterocycles. The Hall–Kier alpha value is -2.05. The third-order valence-corrected chi connectivity index (χ3v) is 4.42. The van der Waals surface area contributed by atoms with Crippen LogP contribution in [0.1, 0.15) is 6.92 Å². The minimum atomic E-state index is -0.437.